The molecule has 0 bridgehead atoms. The lowest BCUT2D eigenvalue weighted by atomic mass is 10.3. The Morgan fingerprint density at radius 3 is 1.23 bits per heavy atom. The van der Waals surface area contributed by atoms with Crippen LogP contribution in [-0.2, 0) is 0 Å². The number of thiophene rings is 2. The Kier molecular flexibility index (Phi) is 3.69. The number of hydrogen-bond acceptors (Lipinski definition) is 6. The summed E-state index contributed by atoms with van der Waals surface area (Å²) in [5.74, 6) is 0. The number of hydrogen-bond donors (Lipinski definition) is 0. The molecule has 110 valence electrons. The van der Waals surface area contributed by atoms with Crippen molar-refractivity contribution < 1.29 is 0 Å². The maximum atomic E-state index is 4.34. The second-order valence-electron chi connectivity index (χ2n) is 4.81. The molecular weight excluding hydrogens is 348 g/mol. The van der Waals surface area contributed by atoms with Crippen molar-refractivity contribution in [1.82, 2.24) is 9.97 Å². The average Bonchev–Trinajstić information content (AvgIpc) is 3.24. The Bertz CT molecular complexity index is 849. The minimum atomic E-state index is 1.11. The molecule has 0 unspecified atom stereocenters. The Morgan fingerprint density at radius 2 is 0.909 bits per heavy atom. The summed E-state index contributed by atoms with van der Waals surface area (Å²) in [7, 11) is 0. The maximum absolute atomic E-state index is 4.34. The van der Waals surface area contributed by atoms with Gasteiger partial charge in [0.05, 0.1) is 19.8 Å². The van der Waals surface area contributed by atoms with Crippen molar-refractivity contribution in [1.29, 1.82) is 0 Å². The second-order valence-corrected chi connectivity index (χ2v) is 9.45. The molecule has 0 aliphatic carbocycles. The van der Waals surface area contributed by atoms with E-state index in [1.54, 1.807) is 22.7 Å². The van der Waals surface area contributed by atoms with Crippen molar-refractivity contribution in [3.8, 4) is 29.3 Å². The first-order valence-electron chi connectivity index (χ1n) is 6.75. The van der Waals surface area contributed by atoms with Crippen LogP contribution >= 0.6 is 45.3 Å². The molecule has 0 aliphatic rings. The van der Waals surface area contributed by atoms with Gasteiger partial charge in [-0.15, -0.1) is 45.3 Å². The van der Waals surface area contributed by atoms with Crippen LogP contribution in [-0.4, -0.2) is 9.97 Å². The van der Waals surface area contributed by atoms with Gasteiger partial charge >= 0.3 is 0 Å². The van der Waals surface area contributed by atoms with Crippen LogP contribution in [0.25, 0.3) is 29.3 Å². The van der Waals surface area contributed by atoms with Gasteiger partial charge in [0.1, 0.15) is 0 Å². The Labute approximate surface area is 144 Å². The van der Waals surface area contributed by atoms with E-state index in [0.29, 0.717) is 0 Å². The molecule has 4 aromatic rings. The van der Waals surface area contributed by atoms with Crippen LogP contribution in [0.4, 0.5) is 0 Å². The van der Waals surface area contributed by atoms with Gasteiger partial charge < -0.3 is 0 Å². The number of aromatic nitrogens is 2. The van der Waals surface area contributed by atoms with E-state index in [1.807, 2.05) is 48.9 Å². The van der Waals surface area contributed by atoms with Crippen molar-refractivity contribution >= 4 is 45.3 Å². The fourth-order valence-corrected chi connectivity index (χ4v) is 5.96. The number of rotatable bonds is 3. The topological polar surface area (TPSA) is 25.8 Å². The van der Waals surface area contributed by atoms with Gasteiger partial charge in [-0.3, -0.25) is 0 Å². The lowest BCUT2D eigenvalue weighted by molar-refractivity contribution is 1.30. The Hall–Kier alpha value is -1.34. The second kappa shape index (κ2) is 5.70. The molecule has 0 atom stereocenters. The highest BCUT2D eigenvalue weighted by Crippen LogP contribution is 2.42. The summed E-state index contributed by atoms with van der Waals surface area (Å²) in [6, 6.07) is 8.82. The van der Waals surface area contributed by atoms with Crippen LogP contribution in [0.5, 0.6) is 0 Å². The summed E-state index contributed by atoms with van der Waals surface area (Å²) in [5, 5.41) is 2.23. The molecule has 0 fully saturated rings. The minimum absolute atomic E-state index is 1.11. The highest BCUT2D eigenvalue weighted by molar-refractivity contribution is 7.28. The van der Waals surface area contributed by atoms with Crippen LogP contribution in [0.1, 0.15) is 10.0 Å². The first kappa shape index (κ1) is 14.3. The normalized spacial score (nSPS) is 11.2. The average molecular weight is 361 g/mol. The van der Waals surface area contributed by atoms with E-state index in [2.05, 4.69) is 34.2 Å². The summed E-state index contributed by atoms with van der Waals surface area (Å²) < 4.78 is 0. The molecular formula is C16H12N2S4. The molecule has 0 aliphatic heterocycles. The third kappa shape index (κ3) is 2.67. The molecule has 0 spiro atoms. The molecule has 4 heterocycles. The zero-order valence-corrected chi connectivity index (χ0v) is 15.3. The van der Waals surface area contributed by atoms with Gasteiger partial charge in [-0.2, -0.15) is 0 Å². The first-order valence-corrected chi connectivity index (χ1v) is 10.0. The predicted octanol–water partition coefficient (Wildman–Crippen LogP) is 6.34. The van der Waals surface area contributed by atoms with Crippen molar-refractivity contribution in [3.63, 3.8) is 0 Å². The fourth-order valence-electron chi connectivity index (χ4n) is 2.16. The molecule has 0 aromatic carbocycles. The predicted molar refractivity (Wildman–Crippen MR) is 99.3 cm³/mol. The number of thiazole rings is 2. The summed E-state index contributed by atoms with van der Waals surface area (Å²) in [5.41, 5.74) is 0. The van der Waals surface area contributed by atoms with E-state index < -0.39 is 0 Å². The number of aryl methyl sites for hydroxylation is 2. The molecule has 6 heteroatoms. The lowest BCUT2D eigenvalue weighted by Crippen LogP contribution is -1.59. The van der Waals surface area contributed by atoms with Crippen LogP contribution in [0, 0.1) is 13.8 Å². The molecule has 4 rings (SSSR count). The van der Waals surface area contributed by atoms with Gasteiger partial charge in [-0.1, -0.05) is 0 Å². The van der Waals surface area contributed by atoms with E-state index in [9.17, 15) is 0 Å². The van der Waals surface area contributed by atoms with Gasteiger partial charge in [-0.25, -0.2) is 9.97 Å². The Balaban J connectivity index is 1.65. The van der Waals surface area contributed by atoms with Gasteiger partial charge in [0.2, 0.25) is 0 Å². The minimum Gasteiger partial charge on any atom is -0.249 e. The zero-order valence-electron chi connectivity index (χ0n) is 12.0. The van der Waals surface area contributed by atoms with E-state index in [0.717, 1.165) is 10.0 Å². The van der Waals surface area contributed by atoms with Gasteiger partial charge in [0.15, 0.2) is 0 Å². The van der Waals surface area contributed by atoms with E-state index in [1.165, 1.54) is 29.3 Å². The monoisotopic (exact) mass is 360 g/mol. The van der Waals surface area contributed by atoms with Crippen molar-refractivity contribution in [2.24, 2.45) is 0 Å². The van der Waals surface area contributed by atoms with Crippen LogP contribution in [0.3, 0.4) is 0 Å². The van der Waals surface area contributed by atoms with E-state index in [-0.39, 0.29) is 0 Å². The summed E-state index contributed by atoms with van der Waals surface area (Å²) >= 11 is 7.17. The smallest absolute Gasteiger partial charge is 0.0900 e. The molecule has 0 radical (unpaired) electrons. The third-order valence-corrected chi connectivity index (χ3v) is 7.77. The zero-order chi connectivity index (χ0) is 15.1. The highest BCUT2D eigenvalue weighted by atomic mass is 32.1. The first-order chi connectivity index (χ1) is 10.7. The van der Waals surface area contributed by atoms with E-state index >= 15 is 0 Å². The summed E-state index contributed by atoms with van der Waals surface area (Å²) in [6.07, 6.45) is 3.94. The van der Waals surface area contributed by atoms with Gasteiger partial charge in [0.25, 0.3) is 0 Å². The standard InChI is InChI=1S/C16H12N2S4/c1-9-17-7-15(19-9)13-5-3-11(21-13)12-4-6-14(22-12)16-8-18-10(2)20-16/h3-8H,1-2H3. The molecule has 0 saturated carbocycles. The van der Waals surface area contributed by atoms with Crippen molar-refractivity contribution in [3.05, 3.63) is 46.7 Å². The van der Waals surface area contributed by atoms with Crippen molar-refractivity contribution in [2.75, 3.05) is 0 Å². The summed E-state index contributed by atoms with van der Waals surface area (Å²) in [6.45, 7) is 4.09. The molecule has 0 N–H and O–H groups in total. The quantitative estimate of drug-likeness (QED) is 0.426. The van der Waals surface area contributed by atoms with E-state index in [4.69, 9.17) is 0 Å². The van der Waals surface area contributed by atoms with Crippen LogP contribution < -0.4 is 0 Å². The van der Waals surface area contributed by atoms with Gasteiger partial charge in [-0.05, 0) is 38.1 Å². The SMILES string of the molecule is Cc1ncc(-c2ccc(-c3ccc(-c4cnc(C)s4)s3)s2)s1. The Morgan fingerprint density at radius 1 is 0.545 bits per heavy atom. The third-order valence-electron chi connectivity index (χ3n) is 3.18. The molecule has 22 heavy (non-hydrogen) atoms. The van der Waals surface area contributed by atoms with Gasteiger partial charge in [0, 0.05) is 31.9 Å². The maximum Gasteiger partial charge on any atom is 0.0900 e. The number of nitrogens with zero attached hydrogens (tertiary/aromatic N) is 2. The van der Waals surface area contributed by atoms with Crippen LogP contribution in [0.15, 0.2) is 36.7 Å². The van der Waals surface area contributed by atoms with Crippen LogP contribution in [0.2, 0.25) is 0 Å². The largest absolute Gasteiger partial charge is 0.249 e. The van der Waals surface area contributed by atoms with Crippen molar-refractivity contribution in [2.45, 2.75) is 13.8 Å². The molecule has 0 amide bonds. The lowest BCUT2D eigenvalue weighted by Gasteiger charge is -1.91. The molecule has 4 aromatic heterocycles. The molecule has 0 saturated heterocycles. The summed E-state index contributed by atoms with van der Waals surface area (Å²) in [4.78, 5) is 16.4. The highest BCUT2D eigenvalue weighted by Gasteiger charge is 2.11. The fraction of sp³-hybridized carbons (Fsp3) is 0.125. The molecule has 2 nitrogen and oxygen atoms in total.